The van der Waals surface area contributed by atoms with Gasteiger partial charge in [0.25, 0.3) is 0 Å². The van der Waals surface area contributed by atoms with Crippen LogP contribution in [0, 0.1) is 11.3 Å². The Kier molecular flexibility index (Phi) is 3.92. The summed E-state index contributed by atoms with van der Waals surface area (Å²) in [6.07, 6.45) is 3.33. The van der Waals surface area contributed by atoms with Crippen LogP contribution in [0.15, 0.2) is 17.8 Å². The van der Waals surface area contributed by atoms with E-state index in [9.17, 15) is 4.79 Å². The smallest absolute Gasteiger partial charge is 0.313 e. The largest absolute Gasteiger partial charge is 0.466 e. The maximum Gasteiger partial charge on any atom is 0.313 e. The molecule has 0 saturated heterocycles. The van der Waals surface area contributed by atoms with E-state index < -0.39 is 0 Å². The van der Waals surface area contributed by atoms with Crippen molar-refractivity contribution in [1.29, 1.82) is 5.26 Å². The average molecular weight is 276 g/mol. The highest BCUT2D eigenvalue weighted by Crippen LogP contribution is 2.19. The third-order valence-corrected chi connectivity index (χ3v) is 3.38. The summed E-state index contributed by atoms with van der Waals surface area (Å²) in [6, 6.07) is 1.97. The van der Waals surface area contributed by atoms with Crippen LogP contribution in [-0.2, 0) is 9.53 Å². The molecule has 0 aliphatic rings. The van der Waals surface area contributed by atoms with Crippen LogP contribution in [0.4, 0.5) is 0 Å². The first kappa shape index (κ1) is 13.2. The van der Waals surface area contributed by atoms with E-state index in [2.05, 4.69) is 10.1 Å². The van der Waals surface area contributed by atoms with Gasteiger partial charge in [0.15, 0.2) is 5.69 Å². The van der Waals surface area contributed by atoms with Crippen LogP contribution in [0.1, 0.15) is 31.0 Å². The minimum atomic E-state index is -0.371. The molecule has 0 fully saturated rings. The lowest BCUT2D eigenvalue weighted by molar-refractivity contribution is -0.144. The molecule has 0 aliphatic heterocycles. The fourth-order valence-electron chi connectivity index (χ4n) is 1.49. The molecule has 2 aromatic heterocycles. The van der Waals surface area contributed by atoms with Crippen molar-refractivity contribution in [3.8, 4) is 11.2 Å². The van der Waals surface area contributed by atoms with E-state index in [-0.39, 0.29) is 11.9 Å². The van der Waals surface area contributed by atoms with E-state index in [0.29, 0.717) is 17.4 Å². The van der Waals surface area contributed by atoms with Gasteiger partial charge in [-0.15, -0.1) is 11.3 Å². The van der Waals surface area contributed by atoms with Crippen molar-refractivity contribution in [2.24, 2.45) is 0 Å². The van der Waals surface area contributed by atoms with E-state index in [0.717, 1.165) is 5.56 Å². The second-order valence-electron chi connectivity index (χ2n) is 3.82. The van der Waals surface area contributed by atoms with Gasteiger partial charge in [0.1, 0.15) is 6.07 Å². The van der Waals surface area contributed by atoms with Gasteiger partial charge in [-0.25, -0.2) is 9.67 Å². The Morgan fingerprint density at radius 1 is 1.68 bits per heavy atom. The average Bonchev–Trinajstić information content (AvgIpc) is 3.06. The maximum absolute atomic E-state index is 11.6. The van der Waals surface area contributed by atoms with E-state index in [1.807, 2.05) is 6.07 Å². The molecule has 0 N–H and O–H groups in total. The van der Waals surface area contributed by atoms with Crippen molar-refractivity contribution in [2.45, 2.75) is 19.8 Å². The zero-order valence-corrected chi connectivity index (χ0v) is 11.3. The number of carbonyl (C=O) groups excluding carboxylic acids is 1. The molecular weight excluding hydrogens is 264 g/mol. The summed E-state index contributed by atoms with van der Waals surface area (Å²) in [5, 5.41) is 15.1. The number of ether oxygens (including phenoxy) is 1. The molecule has 0 amide bonds. The summed E-state index contributed by atoms with van der Waals surface area (Å²) >= 11 is 1.32. The zero-order valence-electron chi connectivity index (χ0n) is 10.5. The Balaban J connectivity index is 2.19. The second-order valence-corrected chi connectivity index (χ2v) is 4.66. The van der Waals surface area contributed by atoms with Crippen LogP contribution in [0.2, 0.25) is 0 Å². The quantitative estimate of drug-likeness (QED) is 0.796. The van der Waals surface area contributed by atoms with Gasteiger partial charge in [0.2, 0.25) is 5.13 Å². The molecule has 0 saturated carbocycles. The second kappa shape index (κ2) is 5.63. The minimum Gasteiger partial charge on any atom is -0.466 e. The lowest BCUT2D eigenvalue weighted by Crippen LogP contribution is -2.12. The van der Waals surface area contributed by atoms with Crippen LogP contribution < -0.4 is 0 Å². The number of rotatable bonds is 4. The van der Waals surface area contributed by atoms with Crippen LogP contribution >= 0.6 is 11.3 Å². The van der Waals surface area contributed by atoms with E-state index in [1.54, 1.807) is 36.3 Å². The summed E-state index contributed by atoms with van der Waals surface area (Å²) in [4.78, 5) is 15.7. The summed E-state index contributed by atoms with van der Waals surface area (Å²) in [7, 11) is 0. The van der Waals surface area contributed by atoms with Gasteiger partial charge in [-0.3, -0.25) is 4.79 Å². The van der Waals surface area contributed by atoms with E-state index in [1.165, 1.54) is 11.3 Å². The molecule has 1 atom stereocenters. The number of esters is 1. The van der Waals surface area contributed by atoms with Crippen molar-refractivity contribution in [2.75, 3.05) is 6.61 Å². The highest BCUT2D eigenvalue weighted by atomic mass is 32.1. The van der Waals surface area contributed by atoms with Crippen LogP contribution in [-0.4, -0.2) is 27.3 Å². The summed E-state index contributed by atoms with van der Waals surface area (Å²) in [5.74, 6) is -0.650. The van der Waals surface area contributed by atoms with Crippen LogP contribution in [0.25, 0.3) is 5.13 Å². The topological polar surface area (TPSA) is 80.8 Å². The van der Waals surface area contributed by atoms with Crippen molar-refractivity contribution < 1.29 is 9.53 Å². The fourth-order valence-corrected chi connectivity index (χ4v) is 2.17. The van der Waals surface area contributed by atoms with Crippen LogP contribution in [0.3, 0.4) is 0 Å². The summed E-state index contributed by atoms with van der Waals surface area (Å²) in [5.41, 5.74) is 1.11. The number of nitrogens with zero attached hydrogens (tertiary/aromatic N) is 4. The number of hydrogen-bond acceptors (Lipinski definition) is 6. The molecule has 2 heterocycles. The molecule has 19 heavy (non-hydrogen) atoms. The standard InChI is InChI=1S/C12H12N4O2S/c1-3-18-11(17)8(2)9-5-14-16(6-9)12-15-10(4-13)7-19-12/h5-8H,3H2,1-2H3. The Morgan fingerprint density at radius 3 is 3.11 bits per heavy atom. The normalized spacial score (nSPS) is 11.8. The molecule has 6 nitrogen and oxygen atoms in total. The Bertz CT molecular complexity index is 626. The van der Waals surface area contributed by atoms with Crippen molar-refractivity contribution in [3.05, 3.63) is 29.0 Å². The molecule has 7 heteroatoms. The van der Waals surface area contributed by atoms with Crippen molar-refractivity contribution in [1.82, 2.24) is 14.8 Å². The molecule has 2 aromatic rings. The SMILES string of the molecule is CCOC(=O)C(C)c1cnn(-c2nc(C#N)cs2)c1. The predicted octanol–water partition coefficient (Wildman–Crippen LogP) is 1.87. The minimum absolute atomic E-state index is 0.279. The first-order valence-electron chi connectivity index (χ1n) is 5.73. The van der Waals surface area contributed by atoms with E-state index in [4.69, 9.17) is 10.00 Å². The fraction of sp³-hybridized carbons (Fsp3) is 0.333. The Labute approximate surface area is 114 Å². The molecule has 0 aromatic carbocycles. The summed E-state index contributed by atoms with van der Waals surface area (Å²) < 4.78 is 6.51. The van der Waals surface area contributed by atoms with Crippen LogP contribution in [0.5, 0.6) is 0 Å². The monoisotopic (exact) mass is 276 g/mol. The van der Waals surface area contributed by atoms with Crippen molar-refractivity contribution in [3.63, 3.8) is 0 Å². The molecule has 0 radical (unpaired) electrons. The van der Waals surface area contributed by atoms with Gasteiger partial charge in [-0.1, -0.05) is 0 Å². The highest BCUT2D eigenvalue weighted by molar-refractivity contribution is 7.12. The van der Waals surface area contributed by atoms with Gasteiger partial charge < -0.3 is 4.74 Å². The van der Waals surface area contributed by atoms with Crippen molar-refractivity contribution >= 4 is 17.3 Å². The number of hydrogen-bond donors (Lipinski definition) is 0. The third kappa shape index (κ3) is 2.80. The summed E-state index contributed by atoms with van der Waals surface area (Å²) in [6.45, 7) is 3.89. The third-order valence-electron chi connectivity index (χ3n) is 2.55. The number of aromatic nitrogens is 3. The molecule has 0 spiro atoms. The van der Waals surface area contributed by atoms with Gasteiger partial charge in [0, 0.05) is 17.1 Å². The van der Waals surface area contributed by atoms with Gasteiger partial charge in [-0.05, 0) is 13.8 Å². The molecule has 2 rings (SSSR count). The predicted molar refractivity (Wildman–Crippen MR) is 69.0 cm³/mol. The van der Waals surface area contributed by atoms with E-state index >= 15 is 0 Å². The Morgan fingerprint density at radius 2 is 2.47 bits per heavy atom. The zero-order chi connectivity index (χ0) is 13.8. The first-order valence-corrected chi connectivity index (χ1v) is 6.61. The van der Waals surface area contributed by atoms with Gasteiger partial charge in [-0.2, -0.15) is 10.4 Å². The number of carbonyl (C=O) groups is 1. The highest BCUT2D eigenvalue weighted by Gasteiger charge is 2.18. The Hall–Kier alpha value is -2.20. The van der Waals surface area contributed by atoms with Gasteiger partial charge in [0.05, 0.1) is 18.7 Å². The first-order chi connectivity index (χ1) is 9.15. The molecular formula is C12H12N4O2S. The maximum atomic E-state index is 11.6. The number of nitriles is 1. The lowest BCUT2D eigenvalue weighted by atomic mass is 10.1. The lowest BCUT2D eigenvalue weighted by Gasteiger charge is -2.07. The van der Waals surface area contributed by atoms with Gasteiger partial charge >= 0.3 is 5.97 Å². The number of thiazole rings is 1. The molecule has 1 unspecified atom stereocenters. The molecule has 0 aliphatic carbocycles. The molecule has 0 bridgehead atoms. The molecule has 98 valence electrons.